The maximum atomic E-state index is 9.09. The van der Waals surface area contributed by atoms with E-state index in [9.17, 15) is 0 Å². The molecule has 1 aromatic rings. The highest BCUT2D eigenvalue weighted by Gasteiger charge is 2.30. The summed E-state index contributed by atoms with van der Waals surface area (Å²) in [5.41, 5.74) is -0.182. The third-order valence-electron chi connectivity index (χ3n) is 2.16. The zero-order chi connectivity index (χ0) is 8.60. The second-order valence-electron chi connectivity index (χ2n) is 3.58. The van der Waals surface area contributed by atoms with Crippen LogP contribution in [0.15, 0.2) is 12.3 Å². The molecule has 0 fully saturated rings. The number of fused-ring (bicyclic) bond motifs is 1. The smallest absolute Gasteiger partial charge is 0.211 e. The first kappa shape index (κ1) is 7.61. The van der Waals surface area contributed by atoms with Gasteiger partial charge < -0.3 is 9.84 Å². The van der Waals surface area contributed by atoms with E-state index in [4.69, 9.17) is 9.84 Å². The number of ether oxygens (including phenoxy) is 1. The Morgan fingerprint density at radius 2 is 2.67 bits per heavy atom. The summed E-state index contributed by atoms with van der Waals surface area (Å²) in [5, 5.41) is 13.2. The number of hydrogen-bond donors (Lipinski definition) is 1. The van der Waals surface area contributed by atoms with E-state index in [1.165, 1.54) is 0 Å². The van der Waals surface area contributed by atoms with Crippen molar-refractivity contribution >= 4 is 0 Å². The van der Waals surface area contributed by atoms with Gasteiger partial charge >= 0.3 is 0 Å². The molecule has 1 atom stereocenters. The summed E-state index contributed by atoms with van der Waals surface area (Å²) < 4.78 is 7.19. The van der Waals surface area contributed by atoms with Gasteiger partial charge in [0.1, 0.15) is 0 Å². The number of aliphatic hydroxyl groups excluding tert-OH is 1. The van der Waals surface area contributed by atoms with Crippen LogP contribution in [0.25, 0.3) is 0 Å². The highest BCUT2D eigenvalue weighted by atomic mass is 16.5. The molecule has 1 unspecified atom stereocenters. The van der Waals surface area contributed by atoms with Crippen LogP contribution in [0.4, 0.5) is 0 Å². The van der Waals surface area contributed by atoms with Gasteiger partial charge in [0.15, 0.2) is 0 Å². The van der Waals surface area contributed by atoms with Crippen LogP contribution in [0.1, 0.15) is 6.92 Å². The minimum atomic E-state index is -0.182. The molecule has 1 aliphatic rings. The van der Waals surface area contributed by atoms with E-state index in [2.05, 4.69) is 5.10 Å². The van der Waals surface area contributed by atoms with Crippen molar-refractivity contribution in [3.63, 3.8) is 0 Å². The molecule has 0 radical (unpaired) electrons. The third-order valence-corrected chi connectivity index (χ3v) is 2.16. The molecule has 0 bridgehead atoms. The molecule has 0 spiro atoms. The number of nitrogens with zero attached hydrogens (tertiary/aromatic N) is 2. The maximum Gasteiger partial charge on any atom is 0.211 e. The van der Waals surface area contributed by atoms with E-state index in [0.29, 0.717) is 6.61 Å². The summed E-state index contributed by atoms with van der Waals surface area (Å²) in [6.07, 6.45) is 1.71. The van der Waals surface area contributed by atoms with Crippen molar-refractivity contribution < 1.29 is 9.84 Å². The van der Waals surface area contributed by atoms with Crippen LogP contribution in [0.3, 0.4) is 0 Å². The Balaban J connectivity index is 2.25. The average Bonchev–Trinajstić information content (AvgIpc) is 2.51. The summed E-state index contributed by atoms with van der Waals surface area (Å²) in [6.45, 7) is 3.41. The summed E-state index contributed by atoms with van der Waals surface area (Å²) in [7, 11) is 0. The second kappa shape index (κ2) is 2.48. The molecule has 2 heterocycles. The van der Waals surface area contributed by atoms with E-state index in [1.54, 1.807) is 10.9 Å². The lowest BCUT2D eigenvalue weighted by atomic mass is 9.92. The van der Waals surface area contributed by atoms with E-state index in [-0.39, 0.29) is 12.0 Å². The molecule has 0 saturated heterocycles. The molecule has 1 aromatic heterocycles. The number of rotatable bonds is 1. The van der Waals surface area contributed by atoms with Gasteiger partial charge in [-0.15, -0.1) is 0 Å². The molecule has 4 heteroatoms. The molecule has 0 aromatic carbocycles. The maximum absolute atomic E-state index is 9.09. The Morgan fingerprint density at radius 1 is 1.83 bits per heavy atom. The first-order chi connectivity index (χ1) is 5.73. The molecule has 1 N–H and O–H groups in total. The molecule has 0 saturated carbocycles. The Labute approximate surface area is 70.8 Å². The zero-order valence-corrected chi connectivity index (χ0v) is 7.03. The summed E-state index contributed by atoms with van der Waals surface area (Å²) in [5.74, 6) is 0.793. The molecule has 1 aliphatic heterocycles. The second-order valence-corrected chi connectivity index (χ2v) is 3.58. The van der Waals surface area contributed by atoms with Gasteiger partial charge in [0, 0.05) is 11.5 Å². The van der Waals surface area contributed by atoms with Crippen molar-refractivity contribution in [3.8, 4) is 5.88 Å². The van der Waals surface area contributed by atoms with Gasteiger partial charge in [0.2, 0.25) is 5.88 Å². The molecule has 0 aliphatic carbocycles. The van der Waals surface area contributed by atoms with E-state index in [0.717, 1.165) is 12.4 Å². The lowest BCUT2D eigenvalue weighted by molar-refractivity contribution is 0.0306. The number of aliphatic hydroxyl groups is 1. The predicted octanol–water partition coefficient (Wildman–Crippen LogP) is 0.274. The van der Waals surface area contributed by atoms with Crippen molar-refractivity contribution in [3.05, 3.63) is 12.3 Å². The summed E-state index contributed by atoms with van der Waals surface area (Å²) in [4.78, 5) is 0. The van der Waals surface area contributed by atoms with Crippen LogP contribution in [0.5, 0.6) is 5.88 Å². The van der Waals surface area contributed by atoms with Crippen molar-refractivity contribution in [1.29, 1.82) is 0 Å². The van der Waals surface area contributed by atoms with Gasteiger partial charge in [-0.2, -0.15) is 5.10 Å². The summed E-state index contributed by atoms with van der Waals surface area (Å²) >= 11 is 0. The first-order valence-electron chi connectivity index (χ1n) is 3.99. The number of aromatic nitrogens is 2. The quantitative estimate of drug-likeness (QED) is 0.655. The lowest BCUT2D eigenvalue weighted by Crippen LogP contribution is -2.38. The summed E-state index contributed by atoms with van der Waals surface area (Å²) in [6, 6.07) is 1.83. The zero-order valence-electron chi connectivity index (χ0n) is 7.03. The van der Waals surface area contributed by atoms with Crippen molar-refractivity contribution in [2.24, 2.45) is 5.41 Å². The fourth-order valence-electron chi connectivity index (χ4n) is 1.31. The standard InChI is InChI=1S/C8H12N2O2/c1-8(5-11)4-10-7(12-6-8)2-3-9-10/h2-3,11H,4-6H2,1H3. The minimum Gasteiger partial charge on any atom is -0.477 e. The SMILES string of the molecule is CC1(CO)COc2ccnn2C1. The van der Waals surface area contributed by atoms with Gasteiger partial charge in [0.25, 0.3) is 0 Å². The first-order valence-corrected chi connectivity index (χ1v) is 3.99. The van der Waals surface area contributed by atoms with Gasteiger partial charge in [0.05, 0.1) is 26.0 Å². The fourth-order valence-corrected chi connectivity index (χ4v) is 1.31. The Bertz CT molecular complexity index is 284. The fraction of sp³-hybridized carbons (Fsp3) is 0.625. The highest BCUT2D eigenvalue weighted by molar-refractivity contribution is 5.10. The van der Waals surface area contributed by atoms with E-state index >= 15 is 0 Å². The largest absolute Gasteiger partial charge is 0.477 e. The monoisotopic (exact) mass is 168 g/mol. The highest BCUT2D eigenvalue weighted by Crippen LogP contribution is 2.27. The lowest BCUT2D eigenvalue weighted by Gasteiger charge is -2.31. The van der Waals surface area contributed by atoms with E-state index < -0.39 is 0 Å². The molecular formula is C8H12N2O2. The van der Waals surface area contributed by atoms with Crippen molar-refractivity contribution in [2.45, 2.75) is 13.5 Å². The average molecular weight is 168 g/mol. The predicted molar refractivity (Wildman–Crippen MR) is 42.9 cm³/mol. The van der Waals surface area contributed by atoms with Crippen LogP contribution in [0.2, 0.25) is 0 Å². The molecule has 66 valence electrons. The van der Waals surface area contributed by atoms with Crippen molar-refractivity contribution in [1.82, 2.24) is 9.78 Å². The Morgan fingerprint density at radius 3 is 3.42 bits per heavy atom. The van der Waals surface area contributed by atoms with Gasteiger partial charge in [-0.1, -0.05) is 6.92 Å². The Hall–Kier alpha value is -1.03. The molecule has 12 heavy (non-hydrogen) atoms. The van der Waals surface area contributed by atoms with Crippen LogP contribution in [-0.2, 0) is 6.54 Å². The molecule has 4 nitrogen and oxygen atoms in total. The van der Waals surface area contributed by atoms with Crippen LogP contribution >= 0.6 is 0 Å². The molecule has 2 rings (SSSR count). The topological polar surface area (TPSA) is 47.3 Å². The van der Waals surface area contributed by atoms with Crippen molar-refractivity contribution in [2.75, 3.05) is 13.2 Å². The third kappa shape index (κ3) is 1.08. The molecular weight excluding hydrogens is 156 g/mol. The van der Waals surface area contributed by atoms with E-state index in [1.807, 2.05) is 13.0 Å². The Kier molecular flexibility index (Phi) is 1.58. The molecule has 0 amide bonds. The van der Waals surface area contributed by atoms with Gasteiger partial charge in [-0.25, -0.2) is 4.68 Å². The van der Waals surface area contributed by atoms with Crippen LogP contribution < -0.4 is 4.74 Å². The normalized spacial score (nSPS) is 27.8. The van der Waals surface area contributed by atoms with Crippen LogP contribution in [0, 0.1) is 5.41 Å². The van der Waals surface area contributed by atoms with Crippen LogP contribution in [-0.4, -0.2) is 28.1 Å². The van der Waals surface area contributed by atoms with Gasteiger partial charge in [-0.05, 0) is 0 Å². The minimum absolute atomic E-state index is 0.131. The van der Waals surface area contributed by atoms with Gasteiger partial charge in [-0.3, -0.25) is 0 Å². The number of hydrogen-bond acceptors (Lipinski definition) is 3.